The lowest BCUT2D eigenvalue weighted by Gasteiger charge is -2.29. The van der Waals surface area contributed by atoms with Gasteiger partial charge in [0.25, 0.3) is 0 Å². The van der Waals surface area contributed by atoms with Crippen molar-refractivity contribution in [3.8, 4) is 0 Å². The second-order valence-electron chi connectivity index (χ2n) is 5.13. The van der Waals surface area contributed by atoms with E-state index >= 15 is 0 Å². The molecule has 0 atom stereocenters. The zero-order valence-electron chi connectivity index (χ0n) is 11.0. The summed E-state index contributed by atoms with van der Waals surface area (Å²) in [6.07, 6.45) is 2.14. The molecular weight excluding hydrogens is 250 g/mol. The maximum absolute atomic E-state index is 13.4. The molecule has 0 saturated carbocycles. The van der Waals surface area contributed by atoms with Gasteiger partial charge in [-0.2, -0.15) is 0 Å². The van der Waals surface area contributed by atoms with Crippen molar-refractivity contribution in [3.05, 3.63) is 29.8 Å². The Morgan fingerprint density at radius 3 is 2.74 bits per heavy atom. The fourth-order valence-electron chi connectivity index (χ4n) is 2.21. The van der Waals surface area contributed by atoms with E-state index in [1.165, 1.54) is 0 Å². The van der Waals surface area contributed by atoms with E-state index in [2.05, 4.69) is 12.2 Å². The first kappa shape index (κ1) is 13.9. The van der Waals surface area contributed by atoms with Crippen LogP contribution in [0.2, 0.25) is 0 Å². The van der Waals surface area contributed by atoms with Gasteiger partial charge in [0.15, 0.2) is 0 Å². The van der Waals surface area contributed by atoms with Crippen LogP contribution >= 0.6 is 0 Å². The van der Waals surface area contributed by atoms with Gasteiger partial charge < -0.3 is 5.32 Å². The van der Waals surface area contributed by atoms with Gasteiger partial charge in [0.05, 0.1) is 12.2 Å². The van der Waals surface area contributed by atoms with Crippen LogP contribution < -0.4 is 5.32 Å². The van der Waals surface area contributed by atoms with Crippen LogP contribution in [-0.2, 0) is 4.79 Å². The first-order valence-corrected chi connectivity index (χ1v) is 6.52. The van der Waals surface area contributed by atoms with Crippen LogP contribution in [0, 0.1) is 17.6 Å². The Morgan fingerprint density at radius 1 is 1.37 bits per heavy atom. The number of hydrogen-bond acceptors (Lipinski definition) is 2. The lowest BCUT2D eigenvalue weighted by molar-refractivity contribution is -0.117. The maximum Gasteiger partial charge on any atom is 0.238 e. The Kier molecular flexibility index (Phi) is 4.47. The van der Waals surface area contributed by atoms with E-state index in [0.29, 0.717) is 5.92 Å². The molecule has 104 valence electrons. The number of benzene rings is 1. The molecule has 1 aromatic carbocycles. The zero-order valence-corrected chi connectivity index (χ0v) is 11.0. The summed E-state index contributed by atoms with van der Waals surface area (Å²) in [5.74, 6) is -0.801. The first-order chi connectivity index (χ1) is 9.04. The molecule has 1 amide bonds. The van der Waals surface area contributed by atoms with Crippen LogP contribution in [-0.4, -0.2) is 30.4 Å². The molecule has 0 aromatic heterocycles. The average molecular weight is 268 g/mol. The van der Waals surface area contributed by atoms with E-state index in [9.17, 15) is 13.6 Å². The lowest BCUT2D eigenvalue weighted by Crippen LogP contribution is -2.38. The summed E-state index contributed by atoms with van der Waals surface area (Å²) in [6.45, 7) is 4.17. The van der Waals surface area contributed by atoms with Gasteiger partial charge in [0, 0.05) is 6.07 Å². The van der Waals surface area contributed by atoms with Gasteiger partial charge >= 0.3 is 0 Å². The number of anilines is 1. The van der Waals surface area contributed by atoms with E-state index < -0.39 is 11.6 Å². The number of carbonyl (C=O) groups excluding carboxylic acids is 1. The van der Waals surface area contributed by atoms with Crippen LogP contribution in [0.4, 0.5) is 14.5 Å². The highest BCUT2D eigenvalue weighted by Gasteiger charge is 2.18. The van der Waals surface area contributed by atoms with Crippen molar-refractivity contribution in [1.29, 1.82) is 0 Å². The number of halogens is 2. The molecule has 0 spiro atoms. The minimum Gasteiger partial charge on any atom is -0.322 e. The molecule has 3 nitrogen and oxygen atoms in total. The zero-order chi connectivity index (χ0) is 13.8. The van der Waals surface area contributed by atoms with Crippen molar-refractivity contribution in [1.82, 2.24) is 4.90 Å². The summed E-state index contributed by atoms with van der Waals surface area (Å²) in [5.41, 5.74) is -0.102. The molecule has 5 heteroatoms. The molecule has 0 bridgehead atoms. The fourth-order valence-corrected chi connectivity index (χ4v) is 2.21. The SMILES string of the molecule is CC1CCN(CC(=O)Nc2cc(F)ccc2F)CC1. The largest absolute Gasteiger partial charge is 0.322 e. The van der Waals surface area contributed by atoms with Crippen LogP contribution in [0.25, 0.3) is 0 Å². The van der Waals surface area contributed by atoms with Gasteiger partial charge in [0.1, 0.15) is 11.6 Å². The summed E-state index contributed by atoms with van der Waals surface area (Å²) in [5, 5.41) is 2.41. The predicted molar refractivity (Wildman–Crippen MR) is 69.8 cm³/mol. The maximum atomic E-state index is 13.4. The Labute approximate surface area is 111 Å². The monoisotopic (exact) mass is 268 g/mol. The topological polar surface area (TPSA) is 32.3 Å². The van der Waals surface area contributed by atoms with Gasteiger partial charge in [-0.25, -0.2) is 8.78 Å². The van der Waals surface area contributed by atoms with Crippen molar-refractivity contribution >= 4 is 11.6 Å². The number of carbonyl (C=O) groups is 1. The summed E-state index contributed by atoms with van der Waals surface area (Å²) in [6, 6.07) is 3.02. The van der Waals surface area contributed by atoms with Crippen molar-refractivity contribution in [2.24, 2.45) is 5.92 Å². The van der Waals surface area contributed by atoms with Crippen molar-refractivity contribution in [3.63, 3.8) is 0 Å². The Morgan fingerprint density at radius 2 is 2.05 bits per heavy atom. The molecule has 0 radical (unpaired) electrons. The summed E-state index contributed by atoms with van der Waals surface area (Å²) < 4.78 is 26.3. The Hall–Kier alpha value is -1.49. The third-order valence-corrected chi connectivity index (χ3v) is 3.45. The Balaban J connectivity index is 1.89. The average Bonchev–Trinajstić information content (AvgIpc) is 2.37. The fraction of sp³-hybridized carbons (Fsp3) is 0.500. The smallest absolute Gasteiger partial charge is 0.238 e. The third-order valence-electron chi connectivity index (χ3n) is 3.45. The second kappa shape index (κ2) is 6.10. The number of piperidine rings is 1. The van der Waals surface area contributed by atoms with Crippen molar-refractivity contribution < 1.29 is 13.6 Å². The van der Waals surface area contributed by atoms with E-state index in [-0.39, 0.29) is 18.1 Å². The highest BCUT2D eigenvalue weighted by molar-refractivity contribution is 5.92. The summed E-state index contributed by atoms with van der Waals surface area (Å²) in [7, 11) is 0. The quantitative estimate of drug-likeness (QED) is 0.914. The number of amides is 1. The lowest BCUT2D eigenvalue weighted by atomic mass is 9.99. The van der Waals surface area contributed by atoms with Crippen LogP contribution in [0.1, 0.15) is 19.8 Å². The molecule has 0 aliphatic carbocycles. The van der Waals surface area contributed by atoms with E-state index in [1.807, 2.05) is 4.90 Å². The predicted octanol–water partition coefficient (Wildman–Crippen LogP) is 2.64. The van der Waals surface area contributed by atoms with E-state index in [0.717, 1.165) is 44.1 Å². The number of nitrogens with zero attached hydrogens (tertiary/aromatic N) is 1. The molecule has 1 aliphatic rings. The molecule has 1 heterocycles. The molecule has 0 unspecified atom stereocenters. The Bertz CT molecular complexity index is 457. The van der Waals surface area contributed by atoms with Gasteiger partial charge in [-0.3, -0.25) is 9.69 Å². The van der Waals surface area contributed by atoms with Crippen LogP contribution in [0.15, 0.2) is 18.2 Å². The number of nitrogens with one attached hydrogen (secondary N) is 1. The van der Waals surface area contributed by atoms with Gasteiger partial charge in [-0.1, -0.05) is 6.92 Å². The van der Waals surface area contributed by atoms with Gasteiger partial charge in [-0.15, -0.1) is 0 Å². The molecule has 2 rings (SSSR count). The summed E-state index contributed by atoms with van der Waals surface area (Å²) in [4.78, 5) is 13.8. The van der Waals surface area contributed by atoms with E-state index in [1.54, 1.807) is 0 Å². The third kappa shape index (κ3) is 3.99. The van der Waals surface area contributed by atoms with Crippen LogP contribution in [0.3, 0.4) is 0 Å². The number of rotatable bonds is 3. The minimum atomic E-state index is -0.623. The van der Waals surface area contributed by atoms with E-state index in [4.69, 9.17) is 0 Å². The van der Waals surface area contributed by atoms with Crippen molar-refractivity contribution in [2.75, 3.05) is 25.0 Å². The van der Waals surface area contributed by atoms with Crippen molar-refractivity contribution in [2.45, 2.75) is 19.8 Å². The number of likely N-dealkylation sites (tertiary alicyclic amines) is 1. The minimum absolute atomic E-state index is 0.102. The molecule has 1 N–H and O–H groups in total. The highest BCUT2D eigenvalue weighted by atomic mass is 19.1. The second-order valence-corrected chi connectivity index (χ2v) is 5.13. The number of hydrogen-bond donors (Lipinski definition) is 1. The molecule has 1 aliphatic heterocycles. The molecule has 1 saturated heterocycles. The van der Waals surface area contributed by atoms with Crippen LogP contribution in [0.5, 0.6) is 0 Å². The first-order valence-electron chi connectivity index (χ1n) is 6.52. The van der Waals surface area contributed by atoms with Gasteiger partial charge in [-0.05, 0) is 44.0 Å². The molecule has 19 heavy (non-hydrogen) atoms. The molecule has 1 fully saturated rings. The highest BCUT2D eigenvalue weighted by Crippen LogP contribution is 2.17. The summed E-state index contributed by atoms with van der Waals surface area (Å²) >= 11 is 0. The standard InChI is InChI=1S/C14H18F2N2O/c1-10-4-6-18(7-5-10)9-14(19)17-13-8-11(15)2-3-12(13)16/h2-3,8,10H,4-7,9H2,1H3,(H,17,19). The molecule has 1 aromatic rings. The normalized spacial score (nSPS) is 17.4. The molecular formula is C14H18F2N2O. The van der Waals surface area contributed by atoms with Gasteiger partial charge in [0.2, 0.25) is 5.91 Å².